The van der Waals surface area contributed by atoms with Gasteiger partial charge in [0.1, 0.15) is 11.2 Å². The van der Waals surface area contributed by atoms with E-state index in [0.717, 1.165) is 55.5 Å². The van der Waals surface area contributed by atoms with Crippen molar-refractivity contribution in [3.8, 4) is 67.5 Å². The molecule has 3 aromatic heterocycles. The van der Waals surface area contributed by atoms with Crippen molar-refractivity contribution in [2.75, 3.05) is 0 Å². The van der Waals surface area contributed by atoms with Crippen molar-refractivity contribution in [2.24, 2.45) is 0 Å². The van der Waals surface area contributed by atoms with Gasteiger partial charge in [-0.25, -0.2) is 15.0 Å². The number of hydrogen-bond acceptors (Lipinski definition) is 5. The largest absolute Gasteiger partial charge is 0.456 e. The standard InChI is InChI=1S/C47H32N4O/c1-47(2)40-25-33(21-22-36(40)38-27-43-39(26-41(38)47)37-15-6-7-16-42(37)52-43)32-12-8-13-34(24-32)46-50-44(30-10-4-3-5-11-30)49-45(51-46)31-19-17-29(18-20-31)35-14-9-23-48-28-35/h3-28H,1-2H3. The molecule has 246 valence electrons. The van der Waals surface area contributed by atoms with Gasteiger partial charge in [-0.2, -0.15) is 0 Å². The molecule has 0 amide bonds. The predicted molar refractivity (Wildman–Crippen MR) is 210 cm³/mol. The first-order valence-electron chi connectivity index (χ1n) is 17.5. The minimum atomic E-state index is -0.175. The van der Waals surface area contributed by atoms with E-state index in [1.807, 2.05) is 54.7 Å². The highest BCUT2D eigenvalue weighted by Gasteiger charge is 2.36. The lowest BCUT2D eigenvalue weighted by molar-refractivity contribution is 0.658. The summed E-state index contributed by atoms with van der Waals surface area (Å²) >= 11 is 0. The summed E-state index contributed by atoms with van der Waals surface area (Å²) in [5, 5.41) is 2.32. The zero-order chi connectivity index (χ0) is 34.8. The summed E-state index contributed by atoms with van der Waals surface area (Å²) in [6.45, 7) is 4.65. The molecular formula is C47H32N4O. The van der Waals surface area contributed by atoms with Crippen LogP contribution in [-0.2, 0) is 5.41 Å². The highest BCUT2D eigenvalue weighted by molar-refractivity contribution is 6.07. The summed E-state index contributed by atoms with van der Waals surface area (Å²) in [6, 6.07) is 50.6. The number of aromatic nitrogens is 4. The fraction of sp³-hybridized carbons (Fsp3) is 0.0638. The number of hydrogen-bond donors (Lipinski definition) is 0. The first-order chi connectivity index (χ1) is 25.5. The van der Waals surface area contributed by atoms with Crippen LogP contribution in [0.3, 0.4) is 0 Å². The number of furan rings is 1. The lowest BCUT2D eigenvalue weighted by Crippen LogP contribution is -2.15. The molecule has 6 aromatic carbocycles. The van der Waals surface area contributed by atoms with Crippen molar-refractivity contribution in [3.63, 3.8) is 0 Å². The lowest BCUT2D eigenvalue weighted by Gasteiger charge is -2.22. The van der Waals surface area contributed by atoms with E-state index >= 15 is 0 Å². The van der Waals surface area contributed by atoms with Gasteiger partial charge in [0, 0.05) is 45.3 Å². The van der Waals surface area contributed by atoms with Crippen molar-refractivity contribution < 1.29 is 4.42 Å². The molecular weight excluding hydrogens is 637 g/mol. The average molecular weight is 669 g/mol. The van der Waals surface area contributed by atoms with E-state index in [-0.39, 0.29) is 5.41 Å². The van der Waals surface area contributed by atoms with E-state index < -0.39 is 0 Å². The Morgan fingerprint density at radius 1 is 0.423 bits per heavy atom. The highest BCUT2D eigenvalue weighted by Crippen LogP contribution is 2.51. The molecule has 5 nitrogen and oxygen atoms in total. The number of benzene rings is 6. The Kier molecular flexibility index (Phi) is 6.77. The molecule has 0 aliphatic heterocycles. The summed E-state index contributed by atoms with van der Waals surface area (Å²) in [4.78, 5) is 19.3. The second-order valence-electron chi connectivity index (χ2n) is 13.9. The fourth-order valence-corrected chi connectivity index (χ4v) is 7.67. The van der Waals surface area contributed by atoms with Gasteiger partial charge in [0.05, 0.1) is 0 Å². The van der Waals surface area contributed by atoms with Gasteiger partial charge in [-0.3, -0.25) is 4.98 Å². The van der Waals surface area contributed by atoms with E-state index in [4.69, 9.17) is 19.4 Å². The van der Waals surface area contributed by atoms with Gasteiger partial charge in [-0.05, 0) is 80.9 Å². The first-order valence-corrected chi connectivity index (χ1v) is 17.5. The maximum Gasteiger partial charge on any atom is 0.164 e. The molecule has 52 heavy (non-hydrogen) atoms. The number of para-hydroxylation sites is 1. The lowest BCUT2D eigenvalue weighted by atomic mass is 9.81. The van der Waals surface area contributed by atoms with Gasteiger partial charge in [-0.1, -0.05) is 123 Å². The van der Waals surface area contributed by atoms with Gasteiger partial charge in [0.15, 0.2) is 17.5 Å². The Morgan fingerprint density at radius 2 is 1.04 bits per heavy atom. The molecule has 0 bridgehead atoms. The molecule has 0 fully saturated rings. The molecule has 9 aromatic rings. The Hall–Kier alpha value is -6.72. The fourth-order valence-electron chi connectivity index (χ4n) is 7.67. The van der Waals surface area contributed by atoms with Crippen LogP contribution in [0.4, 0.5) is 0 Å². The van der Waals surface area contributed by atoms with Crippen molar-refractivity contribution in [3.05, 3.63) is 169 Å². The third-order valence-corrected chi connectivity index (χ3v) is 10.4. The molecule has 0 atom stereocenters. The van der Waals surface area contributed by atoms with E-state index in [9.17, 15) is 0 Å². The average Bonchev–Trinajstić information content (AvgIpc) is 3.68. The Balaban J connectivity index is 1.04. The van der Waals surface area contributed by atoms with E-state index in [1.165, 1.54) is 27.6 Å². The molecule has 0 saturated heterocycles. The van der Waals surface area contributed by atoms with Crippen LogP contribution in [0.15, 0.2) is 162 Å². The summed E-state index contributed by atoms with van der Waals surface area (Å²) in [5.74, 6) is 1.89. The van der Waals surface area contributed by atoms with Gasteiger partial charge >= 0.3 is 0 Å². The topological polar surface area (TPSA) is 64.7 Å². The Bertz CT molecular complexity index is 2800. The summed E-state index contributed by atoms with van der Waals surface area (Å²) < 4.78 is 6.29. The molecule has 0 unspecified atom stereocenters. The molecule has 0 saturated carbocycles. The molecule has 3 heterocycles. The molecule has 1 aliphatic carbocycles. The number of nitrogens with zero attached hydrogens (tertiary/aromatic N) is 4. The van der Waals surface area contributed by atoms with Crippen LogP contribution in [0.5, 0.6) is 0 Å². The quantitative estimate of drug-likeness (QED) is 0.183. The van der Waals surface area contributed by atoms with Crippen LogP contribution in [-0.4, -0.2) is 19.9 Å². The van der Waals surface area contributed by atoms with Crippen molar-refractivity contribution in [1.29, 1.82) is 0 Å². The Morgan fingerprint density at radius 3 is 1.83 bits per heavy atom. The second-order valence-corrected chi connectivity index (χ2v) is 13.9. The van der Waals surface area contributed by atoms with Crippen LogP contribution in [0.1, 0.15) is 25.0 Å². The number of pyridine rings is 1. The third kappa shape index (κ3) is 4.93. The maximum absolute atomic E-state index is 6.29. The van der Waals surface area contributed by atoms with Crippen LogP contribution in [0.2, 0.25) is 0 Å². The zero-order valence-corrected chi connectivity index (χ0v) is 28.7. The molecule has 1 aliphatic rings. The third-order valence-electron chi connectivity index (χ3n) is 10.4. The first kappa shape index (κ1) is 30.1. The smallest absolute Gasteiger partial charge is 0.164 e. The van der Waals surface area contributed by atoms with E-state index in [2.05, 4.69) is 116 Å². The molecule has 0 spiro atoms. The summed E-state index contributed by atoms with van der Waals surface area (Å²) in [5.41, 5.74) is 14.0. The van der Waals surface area contributed by atoms with Crippen LogP contribution in [0, 0.1) is 0 Å². The summed E-state index contributed by atoms with van der Waals surface area (Å²) in [7, 11) is 0. The number of rotatable bonds is 5. The van der Waals surface area contributed by atoms with Crippen molar-refractivity contribution in [1.82, 2.24) is 19.9 Å². The molecule has 0 radical (unpaired) electrons. The molecule has 5 heteroatoms. The molecule has 10 rings (SSSR count). The minimum absolute atomic E-state index is 0.175. The van der Waals surface area contributed by atoms with E-state index in [0.29, 0.717) is 17.5 Å². The molecule has 0 N–H and O–H groups in total. The highest BCUT2D eigenvalue weighted by atomic mass is 16.3. The van der Waals surface area contributed by atoms with Gasteiger partial charge in [0.2, 0.25) is 0 Å². The zero-order valence-electron chi connectivity index (χ0n) is 28.7. The number of fused-ring (bicyclic) bond motifs is 6. The van der Waals surface area contributed by atoms with Gasteiger partial charge in [-0.15, -0.1) is 0 Å². The van der Waals surface area contributed by atoms with Crippen molar-refractivity contribution in [2.45, 2.75) is 19.3 Å². The monoisotopic (exact) mass is 668 g/mol. The second kappa shape index (κ2) is 11.7. The van der Waals surface area contributed by atoms with Crippen LogP contribution < -0.4 is 0 Å². The minimum Gasteiger partial charge on any atom is -0.456 e. The van der Waals surface area contributed by atoms with Gasteiger partial charge in [0.25, 0.3) is 0 Å². The maximum atomic E-state index is 6.29. The SMILES string of the molecule is CC1(C)c2cc(-c3cccc(-c4nc(-c5ccccc5)nc(-c5ccc(-c6cccnc6)cc5)n4)c3)ccc2-c2cc3oc4ccccc4c3cc21. The summed E-state index contributed by atoms with van der Waals surface area (Å²) in [6.07, 6.45) is 3.66. The predicted octanol–water partition coefficient (Wildman–Crippen LogP) is 11.8. The van der Waals surface area contributed by atoms with Crippen LogP contribution >= 0.6 is 0 Å². The normalized spacial score (nSPS) is 13.0. The van der Waals surface area contributed by atoms with Crippen molar-refractivity contribution >= 4 is 21.9 Å². The van der Waals surface area contributed by atoms with Gasteiger partial charge < -0.3 is 4.42 Å². The Labute approximate surface area is 301 Å². The van der Waals surface area contributed by atoms with E-state index in [1.54, 1.807) is 6.20 Å². The van der Waals surface area contributed by atoms with Crippen LogP contribution in [0.25, 0.3) is 89.5 Å².